The molecule has 2 aliphatic rings. The van der Waals surface area contributed by atoms with Crippen LogP contribution in [-0.2, 0) is 25.7 Å². The van der Waals surface area contributed by atoms with Crippen molar-refractivity contribution in [3.8, 4) is 0 Å². The van der Waals surface area contributed by atoms with Gasteiger partial charge in [-0.1, -0.05) is 24.3 Å². The maximum atomic E-state index is 12.7. The molecule has 0 amide bonds. The van der Waals surface area contributed by atoms with Gasteiger partial charge >= 0.3 is 0 Å². The Balaban J connectivity index is 1.57. The smallest absolute Gasteiger partial charge is 0.176 e. The first-order valence-electron chi connectivity index (χ1n) is 7.54. The van der Waals surface area contributed by atoms with Gasteiger partial charge < -0.3 is 0 Å². The molecule has 0 spiro atoms. The van der Waals surface area contributed by atoms with Crippen LogP contribution in [0.2, 0.25) is 0 Å². The zero-order chi connectivity index (χ0) is 13.5. The van der Waals surface area contributed by atoms with Crippen LogP contribution in [0, 0.1) is 5.92 Å². The zero-order valence-electron chi connectivity index (χ0n) is 11.5. The minimum atomic E-state index is 0.198. The molecular formula is C18H18OS. The Morgan fingerprint density at radius 3 is 2.75 bits per heavy atom. The van der Waals surface area contributed by atoms with E-state index in [4.69, 9.17) is 0 Å². The first-order chi connectivity index (χ1) is 9.81. The van der Waals surface area contributed by atoms with E-state index in [9.17, 15) is 4.79 Å². The molecule has 0 N–H and O–H groups in total. The van der Waals surface area contributed by atoms with E-state index >= 15 is 0 Å². The van der Waals surface area contributed by atoms with Gasteiger partial charge in [-0.15, -0.1) is 11.3 Å². The van der Waals surface area contributed by atoms with E-state index in [1.165, 1.54) is 40.8 Å². The van der Waals surface area contributed by atoms with Crippen molar-refractivity contribution in [3.05, 3.63) is 56.8 Å². The summed E-state index contributed by atoms with van der Waals surface area (Å²) in [6.07, 6.45) is 6.62. The van der Waals surface area contributed by atoms with Crippen LogP contribution in [-0.4, -0.2) is 5.78 Å². The van der Waals surface area contributed by atoms with Crippen molar-refractivity contribution >= 4 is 17.1 Å². The van der Waals surface area contributed by atoms with Gasteiger partial charge in [0.25, 0.3) is 0 Å². The summed E-state index contributed by atoms with van der Waals surface area (Å²) in [4.78, 5) is 15.2. The number of thiophene rings is 1. The lowest BCUT2D eigenvalue weighted by atomic mass is 9.81. The summed E-state index contributed by atoms with van der Waals surface area (Å²) >= 11 is 1.76. The van der Waals surface area contributed by atoms with Gasteiger partial charge in [0.05, 0.1) is 4.88 Å². The second-order valence-electron chi connectivity index (χ2n) is 5.99. The van der Waals surface area contributed by atoms with Crippen LogP contribution in [0.3, 0.4) is 0 Å². The molecule has 1 heterocycles. The first kappa shape index (κ1) is 12.3. The van der Waals surface area contributed by atoms with Crippen LogP contribution in [0.15, 0.2) is 30.3 Å². The molecular weight excluding hydrogens is 264 g/mol. The van der Waals surface area contributed by atoms with Gasteiger partial charge in [0.15, 0.2) is 5.78 Å². The third kappa shape index (κ3) is 2.03. The van der Waals surface area contributed by atoms with Gasteiger partial charge in [0.2, 0.25) is 0 Å². The Morgan fingerprint density at radius 1 is 1.05 bits per heavy atom. The van der Waals surface area contributed by atoms with E-state index in [0.29, 0.717) is 5.78 Å². The number of hydrogen-bond donors (Lipinski definition) is 0. The van der Waals surface area contributed by atoms with Crippen LogP contribution in [0.25, 0.3) is 0 Å². The molecule has 1 atom stereocenters. The second-order valence-corrected chi connectivity index (χ2v) is 7.12. The number of ketones is 1. The number of fused-ring (bicyclic) bond motifs is 2. The van der Waals surface area contributed by atoms with E-state index in [1.54, 1.807) is 11.3 Å². The summed E-state index contributed by atoms with van der Waals surface area (Å²) in [7, 11) is 0. The van der Waals surface area contributed by atoms with Crippen LogP contribution in [0.4, 0.5) is 0 Å². The van der Waals surface area contributed by atoms with Crippen molar-refractivity contribution in [1.29, 1.82) is 0 Å². The molecule has 0 bridgehead atoms. The molecule has 1 aromatic heterocycles. The summed E-state index contributed by atoms with van der Waals surface area (Å²) in [6, 6.07) is 10.8. The maximum Gasteiger partial charge on any atom is 0.176 e. The number of benzene rings is 1. The van der Waals surface area contributed by atoms with Gasteiger partial charge in [-0.05, 0) is 61.3 Å². The number of aryl methyl sites for hydroxylation is 3. The van der Waals surface area contributed by atoms with Crippen molar-refractivity contribution in [2.24, 2.45) is 5.92 Å². The summed E-state index contributed by atoms with van der Waals surface area (Å²) in [5.74, 6) is 0.586. The molecule has 102 valence electrons. The van der Waals surface area contributed by atoms with Crippen LogP contribution in [0.1, 0.15) is 44.1 Å². The van der Waals surface area contributed by atoms with Gasteiger partial charge in [-0.2, -0.15) is 0 Å². The van der Waals surface area contributed by atoms with Gasteiger partial charge in [0.1, 0.15) is 0 Å². The number of carbonyl (C=O) groups excluding carboxylic acids is 1. The van der Waals surface area contributed by atoms with Crippen molar-refractivity contribution < 1.29 is 4.79 Å². The van der Waals surface area contributed by atoms with Crippen LogP contribution < -0.4 is 0 Å². The van der Waals surface area contributed by atoms with Crippen molar-refractivity contribution in [2.75, 3.05) is 0 Å². The highest BCUT2D eigenvalue weighted by atomic mass is 32.1. The number of rotatable bonds is 2. The number of Topliss-reactive ketones (excluding diaryl/α,β-unsaturated/α-hetero) is 1. The van der Waals surface area contributed by atoms with Crippen molar-refractivity contribution in [3.63, 3.8) is 0 Å². The Morgan fingerprint density at radius 2 is 1.90 bits per heavy atom. The molecule has 1 nitrogen and oxygen atoms in total. The molecule has 4 rings (SSSR count). The van der Waals surface area contributed by atoms with Crippen LogP contribution >= 0.6 is 11.3 Å². The molecule has 0 aliphatic heterocycles. The number of carbonyl (C=O) groups is 1. The lowest BCUT2D eigenvalue weighted by Gasteiger charge is -2.23. The molecule has 0 radical (unpaired) electrons. The van der Waals surface area contributed by atoms with E-state index < -0.39 is 0 Å². The van der Waals surface area contributed by atoms with Gasteiger partial charge in [-0.3, -0.25) is 4.79 Å². The zero-order valence-corrected chi connectivity index (χ0v) is 12.3. The lowest BCUT2D eigenvalue weighted by Crippen LogP contribution is -2.22. The third-order valence-corrected chi connectivity index (χ3v) is 5.96. The first-order valence-corrected chi connectivity index (χ1v) is 8.35. The lowest BCUT2D eigenvalue weighted by molar-refractivity contribution is 0.0913. The molecule has 1 aromatic carbocycles. The third-order valence-electron chi connectivity index (χ3n) is 4.71. The SMILES string of the molecule is O=C(c1cc2c(s1)CCC2)C1CCc2ccccc2C1. The second kappa shape index (κ2) is 4.85. The Labute approximate surface area is 123 Å². The molecule has 0 fully saturated rings. The highest BCUT2D eigenvalue weighted by molar-refractivity contribution is 7.14. The highest BCUT2D eigenvalue weighted by Crippen LogP contribution is 2.34. The van der Waals surface area contributed by atoms with E-state index in [2.05, 4.69) is 30.3 Å². The standard InChI is InChI=1S/C18H18OS/c19-18(17-11-14-6-3-7-16(14)20-17)15-9-8-12-4-1-2-5-13(12)10-15/h1-2,4-5,11,15H,3,6-10H2. The maximum absolute atomic E-state index is 12.7. The van der Waals surface area contributed by atoms with Gasteiger partial charge in [0, 0.05) is 10.8 Å². The minimum absolute atomic E-state index is 0.198. The monoisotopic (exact) mass is 282 g/mol. The Kier molecular flexibility index (Phi) is 2.99. The van der Waals surface area contributed by atoms with E-state index in [-0.39, 0.29) is 5.92 Å². The Hall–Kier alpha value is -1.41. The fourth-order valence-corrected chi connectivity index (χ4v) is 4.85. The predicted octanol–water partition coefficient (Wildman–Crippen LogP) is 4.22. The molecule has 1 unspecified atom stereocenters. The topological polar surface area (TPSA) is 17.1 Å². The summed E-state index contributed by atoms with van der Waals surface area (Å²) < 4.78 is 0. The molecule has 0 saturated carbocycles. The largest absolute Gasteiger partial charge is 0.293 e. The molecule has 20 heavy (non-hydrogen) atoms. The average molecular weight is 282 g/mol. The average Bonchev–Trinajstić information content (AvgIpc) is 3.07. The molecule has 2 aliphatic carbocycles. The number of hydrogen-bond acceptors (Lipinski definition) is 2. The van der Waals surface area contributed by atoms with Gasteiger partial charge in [-0.25, -0.2) is 0 Å². The van der Waals surface area contributed by atoms with E-state index in [1.807, 2.05) is 0 Å². The summed E-state index contributed by atoms with van der Waals surface area (Å²) in [6.45, 7) is 0. The fourth-order valence-electron chi connectivity index (χ4n) is 3.57. The predicted molar refractivity (Wildman–Crippen MR) is 82.6 cm³/mol. The fraction of sp³-hybridized carbons (Fsp3) is 0.389. The van der Waals surface area contributed by atoms with Crippen molar-refractivity contribution in [2.45, 2.75) is 38.5 Å². The molecule has 2 aromatic rings. The quantitative estimate of drug-likeness (QED) is 0.754. The Bertz CT molecular complexity index is 646. The molecule has 2 heteroatoms. The van der Waals surface area contributed by atoms with Crippen molar-refractivity contribution in [1.82, 2.24) is 0 Å². The summed E-state index contributed by atoms with van der Waals surface area (Å²) in [5.41, 5.74) is 4.25. The van der Waals surface area contributed by atoms with E-state index in [0.717, 1.165) is 24.1 Å². The summed E-state index contributed by atoms with van der Waals surface area (Å²) in [5, 5.41) is 0. The highest BCUT2D eigenvalue weighted by Gasteiger charge is 2.27. The minimum Gasteiger partial charge on any atom is -0.293 e. The normalized spacial score (nSPS) is 20.5. The van der Waals surface area contributed by atoms with Crippen LogP contribution in [0.5, 0.6) is 0 Å². The molecule has 0 saturated heterocycles.